The van der Waals surface area contributed by atoms with E-state index in [0.717, 1.165) is 6.08 Å². The average Bonchev–Trinajstić information content (AvgIpc) is 1.65. The molecule has 45 valence electrons. The Kier molecular flexibility index (Phi) is 2.92. The topological polar surface area (TPSA) is 26.3 Å². The van der Waals surface area contributed by atoms with Crippen LogP contribution in [0.3, 0.4) is 0 Å². The first-order chi connectivity index (χ1) is 3.66. The van der Waals surface area contributed by atoms with Gasteiger partial charge in [0.1, 0.15) is 0 Å². The van der Waals surface area contributed by atoms with E-state index < -0.39 is 5.97 Å². The van der Waals surface area contributed by atoms with Crippen molar-refractivity contribution in [2.24, 2.45) is 0 Å². The molecular weight excluding hydrogens is 104 g/mol. The van der Waals surface area contributed by atoms with Gasteiger partial charge in [0.25, 0.3) is 0 Å². The van der Waals surface area contributed by atoms with Crippen LogP contribution in [-0.4, -0.2) is 12.1 Å². The summed E-state index contributed by atoms with van der Waals surface area (Å²) in [4.78, 5) is 10.2. The van der Waals surface area contributed by atoms with Crippen LogP contribution in [-0.2, 0) is 9.53 Å². The van der Waals surface area contributed by atoms with Crippen LogP contribution >= 0.6 is 0 Å². The van der Waals surface area contributed by atoms with E-state index in [-0.39, 0.29) is 6.10 Å². The summed E-state index contributed by atoms with van der Waals surface area (Å²) < 4.78 is 4.53. The lowest BCUT2D eigenvalue weighted by Gasteiger charge is -2.02. The van der Waals surface area contributed by atoms with Crippen LogP contribution in [0.5, 0.6) is 0 Å². The van der Waals surface area contributed by atoms with Gasteiger partial charge in [-0.25, -0.2) is 4.79 Å². The van der Waals surface area contributed by atoms with Crippen molar-refractivity contribution in [2.45, 2.75) is 13.0 Å². The molecular formula is C6H9O2. The zero-order valence-corrected chi connectivity index (χ0v) is 4.89. The fourth-order valence-electron chi connectivity index (χ4n) is 0.246. The first-order valence-corrected chi connectivity index (χ1v) is 2.33. The Morgan fingerprint density at radius 2 is 2.38 bits per heavy atom. The van der Waals surface area contributed by atoms with Crippen molar-refractivity contribution in [2.75, 3.05) is 0 Å². The Hall–Kier alpha value is -0.790. The van der Waals surface area contributed by atoms with Crippen molar-refractivity contribution < 1.29 is 9.53 Å². The molecule has 0 saturated heterocycles. The van der Waals surface area contributed by atoms with Crippen molar-refractivity contribution in [1.82, 2.24) is 0 Å². The van der Waals surface area contributed by atoms with Crippen molar-refractivity contribution in [3.05, 3.63) is 19.6 Å². The summed E-state index contributed by atoms with van der Waals surface area (Å²) in [5.74, 6) is -0.424. The molecule has 0 amide bonds. The number of carbonyl (C=O) groups is 1. The predicted octanol–water partition coefficient (Wildman–Crippen LogP) is 0.938. The zero-order chi connectivity index (χ0) is 6.57. The molecule has 1 radical (unpaired) electrons. The molecule has 0 aromatic heterocycles. The third-order valence-corrected chi connectivity index (χ3v) is 0.484. The minimum absolute atomic E-state index is 0.291. The third-order valence-electron chi connectivity index (χ3n) is 0.484. The zero-order valence-electron chi connectivity index (χ0n) is 4.89. The largest absolute Gasteiger partial charge is 0.460 e. The van der Waals surface area contributed by atoms with E-state index >= 15 is 0 Å². The van der Waals surface area contributed by atoms with Crippen LogP contribution in [0.25, 0.3) is 0 Å². The summed E-state index contributed by atoms with van der Waals surface area (Å²) in [6, 6.07) is 0. The smallest absolute Gasteiger partial charge is 0.330 e. The molecule has 1 atom stereocenters. The lowest BCUT2D eigenvalue weighted by Crippen LogP contribution is -2.07. The SMILES string of the molecule is [CH2]C(C)OC(=O)C=C. The van der Waals surface area contributed by atoms with Gasteiger partial charge >= 0.3 is 5.97 Å². The molecule has 8 heavy (non-hydrogen) atoms. The fraction of sp³-hybridized carbons (Fsp3) is 0.333. The molecule has 2 nitrogen and oxygen atoms in total. The van der Waals surface area contributed by atoms with Crippen molar-refractivity contribution in [3.8, 4) is 0 Å². The quantitative estimate of drug-likeness (QED) is 0.393. The van der Waals surface area contributed by atoms with Gasteiger partial charge in [0.2, 0.25) is 0 Å². The number of carbonyl (C=O) groups excluding carboxylic acids is 1. The molecule has 0 aliphatic heterocycles. The first-order valence-electron chi connectivity index (χ1n) is 2.33. The molecule has 0 N–H and O–H groups in total. The molecule has 0 fully saturated rings. The number of hydrogen-bond acceptors (Lipinski definition) is 2. The van der Waals surface area contributed by atoms with Gasteiger partial charge in [0, 0.05) is 6.08 Å². The van der Waals surface area contributed by atoms with E-state index in [1.54, 1.807) is 6.92 Å². The number of rotatable bonds is 2. The Balaban J connectivity index is 3.39. The summed E-state index contributed by atoms with van der Waals surface area (Å²) in [6.45, 7) is 8.33. The Morgan fingerprint density at radius 3 is 2.50 bits per heavy atom. The predicted molar refractivity (Wildman–Crippen MR) is 31.1 cm³/mol. The normalized spacial score (nSPS) is 8.88. The highest BCUT2D eigenvalue weighted by Gasteiger charge is 1.96. The second-order valence-corrected chi connectivity index (χ2v) is 1.45. The summed E-state index contributed by atoms with van der Waals surface area (Å²) in [6.07, 6.45) is 0.822. The van der Waals surface area contributed by atoms with Gasteiger partial charge in [-0.1, -0.05) is 6.58 Å². The lowest BCUT2D eigenvalue weighted by atomic mass is 10.5. The molecule has 0 rings (SSSR count). The molecule has 0 spiro atoms. The van der Waals surface area contributed by atoms with Crippen molar-refractivity contribution in [1.29, 1.82) is 0 Å². The van der Waals surface area contributed by atoms with Gasteiger partial charge in [-0.15, -0.1) is 0 Å². The number of hydrogen-bond donors (Lipinski definition) is 0. The molecule has 2 heteroatoms. The monoisotopic (exact) mass is 113 g/mol. The van der Waals surface area contributed by atoms with E-state index in [0.29, 0.717) is 0 Å². The first kappa shape index (κ1) is 7.21. The van der Waals surface area contributed by atoms with E-state index in [9.17, 15) is 4.79 Å². The summed E-state index contributed by atoms with van der Waals surface area (Å²) >= 11 is 0. The van der Waals surface area contributed by atoms with Gasteiger partial charge in [-0.2, -0.15) is 0 Å². The van der Waals surface area contributed by atoms with Gasteiger partial charge in [0.05, 0.1) is 6.10 Å². The molecule has 0 heterocycles. The van der Waals surface area contributed by atoms with Crippen LogP contribution in [0.15, 0.2) is 12.7 Å². The van der Waals surface area contributed by atoms with Gasteiger partial charge in [-0.05, 0) is 13.8 Å². The second-order valence-electron chi connectivity index (χ2n) is 1.45. The highest BCUT2D eigenvalue weighted by Crippen LogP contribution is 1.86. The Bertz CT molecular complexity index is 94.7. The van der Waals surface area contributed by atoms with Crippen LogP contribution in [0, 0.1) is 6.92 Å². The van der Waals surface area contributed by atoms with Crippen LogP contribution in [0.1, 0.15) is 6.92 Å². The highest BCUT2D eigenvalue weighted by atomic mass is 16.5. The minimum Gasteiger partial charge on any atom is -0.460 e. The molecule has 0 aromatic carbocycles. The van der Waals surface area contributed by atoms with Gasteiger partial charge in [-0.3, -0.25) is 0 Å². The van der Waals surface area contributed by atoms with Crippen LogP contribution in [0.2, 0.25) is 0 Å². The lowest BCUT2D eigenvalue weighted by molar-refractivity contribution is -0.140. The molecule has 0 saturated carbocycles. The molecule has 0 bridgehead atoms. The number of ether oxygens (including phenoxy) is 1. The van der Waals surface area contributed by atoms with Gasteiger partial charge < -0.3 is 4.74 Å². The summed E-state index contributed by atoms with van der Waals surface area (Å²) in [7, 11) is 0. The Morgan fingerprint density at radius 1 is 1.88 bits per heavy atom. The maximum absolute atomic E-state index is 10.2. The van der Waals surface area contributed by atoms with Crippen LogP contribution < -0.4 is 0 Å². The fourth-order valence-corrected chi connectivity index (χ4v) is 0.246. The molecule has 0 aromatic rings. The molecule has 1 unspecified atom stereocenters. The highest BCUT2D eigenvalue weighted by molar-refractivity contribution is 5.81. The maximum Gasteiger partial charge on any atom is 0.330 e. The van der Waals surface area contributed by atoms with E-state index in [4.69, 9.17) is 0 Å². The average molecular weight is 113 g/mol. The van der Waals surface area contributed by atoms with Crippen molar-refractivity contribution >= 4 is 5.97 Å². The minimum atomic E-state index is -0.424. The molecule has 0 aliphatic rings. The number of esters is 1. The third kappa shape index (κ3) is 3.40. The summed E-state index contributed by atoms with van der Waals surface area (Å²) in [5.41, 5.74) is 0. The Labute approximate surface area is 49.1 Å². The van der Waals surface area contributed by atoms with Crippen molar-refractivity contribution in [3.63, 3.8) is 0 Å². The standard InChI is InChI=1S/C6H9O2/c1-4-6(7)8-5(2)3/h4-5H,1-2H2,3H3. The van der Waals surface area contributed by atoms with E-state index in [1.807, 2.05) is 0 Å². The molecule has 0 aliphatic carbocycles. The maximum atomic E-state index is 10.2. The summed E-state index contributed by atoms with van der Waals surface area (Å²) in [5, 5.41) is 0. The van der Waals surface area contributed by atoms with E-state index in [1.165, 1.54) is 0 Å². The van der Waals surface area contributed by atoms with E-state index in [2.05, 4.69) is 18.2 Å². The van der Waals surface area contributed by atoms with Crippen LogP contribution in [0.4, 0.5) is 0 Å². The van der Waals surface area contributed by atoms with Gasteiger partial charge in [0.15, 0.2) is 0 Å². The second kappa shape index (κ2) is 3.24.